The normalized spacial score (nSPS) is 11.4. The van der Waals surface area contributed by atoms with E-state index in [9.17, 15) is 9.59 Å². The Morgan fingerprint density at radius 1 is 1.42 bits per heavy atom. The van der Waals surface area contributed by atoms with E-state index in [2.05, 4.69) is 15.5 Å². The minimum absolute atomic E-state index is 0.0567. The van der Waals surface area contributed by atoms with E-state index in [-0.39, 0.29) is 30.3 Å². The van der Waals surface area contributed by atoms with E-state index in [1.54, 1.807) is 16.2 Å². The SMILES string of the molecule is CCN(CC(=O)NC(C)(C)C)C(=O)CCn1c(-c2cccs2)n[nH]c1=S. The number of carbonyl (C=O) groups is 2. The number of amides is 2. The van der Waals surface area contributed by atoms with Gasteiger partial charge in [-0.15, -0.1) is 11.3 Å². The number of nitrogens with one attached hydrogen (secondary N) is 2. The Kier molecular flexibility index (Phi) is 6.71. The van der Waals surface area contributed by atoms with Gasteiger partial charge >= 0.3 is 0 Å². The summed E-state index contributed by atoms with van der Waals surface area (Å²) < 4.78 is 2.30. The second-order valence-corrected chi connectivity index (χ2v) is 8.27. The summed E-state index contributed by atoms with van der Waals surface area (Å²) in [4.78, 5) is 27.2. The lowest BCUT2D eigenvalue weighted by molar-refractivity contribution is -0.136. The summed E-state index contributed by atoms with van der Waals surface area (Å²) in [6.45, 7) is 8.55. The summed E-state index contributed by atoms with van der Waals surface area (Å²) >= 11 is 6.85. The number of H-pyrrole nitrogens is 1. The van der Waals surface area contributed by atoms with Crippen LogP contribution in [0.25, 0.3) is 10.7 Å². The molecule has 2 N–H and O–H groups in total. The number of hydrogen-bond donors (Lipinski definition) is 2. The maximum Gasteiger partial charge on any atom is 0.240 e. The molecule has 7 nitrogen and oxygen atoms in total. The number of hydrogen-bond acceptors (Lipinski definition) is 5. The first-order valence-corrected chi connectivity index (χ1v) is 9.78. The summed E-state index contributed by atoms with van der Waals surface area (Å²) in [7, 11) is 0. The second-order valence-electron chi connectivity index (χ2n) is 6.94. The Bertz CT molecular complexity index is 802. The standard InChI is InChI=1S/C17H25N5O2S2/c1-5-21(11-13(23)18-17(2,3)4)14(24)8-9-22-15(19-20-16(22)25)12-7-6-10-26-12/h6-7,10H,5,8-9,11H2,1-4H3,(H,18,23)(H,20,25). The fraction of sp³-hybridized carbons (Fsp3) is 0.529. The van der Waals surface area contributed by atoms with Gasteiger partial charge in [0.05, 0.1) is 11.4 Å². The van der Waals surface area contributed by atoms with Gasteiger partial charge in [0.25, 0.3) is 0 Å². The van der Waals surface area contributed by atoms with Crippen molar-refractivity contribution in [2.24, 2.45) is 0 Å². The summed E-state index contributed by atoms with van der Waals surface area (Å²) in [5.74, 6) is 0.481. The van der Waals surface area contributed by atoms with E-state index < -0.39 is 0 Å². The van der Waals surface area contributed by atoms with E-state index in [0.29, 0.717) is 17.9 Å². The number of carbonyl (C=O) groups excluding carboxylic acids is 2. The van der Waals surface area contributed by atoms with E-state index in [4.69, 9.17) is 12.2 Å². The fourth-order valence-electron chi connectivity index (χ4n) is 2.49. The van der Waals surface area contributed by atoms with Crippen LogP contribution in [-0.4, -0.2) is 50.1 Å². The fourth-order valence-corrected chi connectivity index (χ4v) is 3.44. The monoisotopic (exact) mass is 395 g/mol. The third kappa shape index (κ3) is 5.50. The minimum Gasteiger partial charge on any atom is -0.350 e. The van der Waals surface area contributed by atoms with E-state index >= 15 is 0 Å². The largest absolute Gasteiger partial charge is 0.350 e. The molecular weight excluding hydrogens is 370 g/mol. The number of likely N-dealkylation sites (N-methyl/N-ethyl adjacent to an activating group) is 1. The van der Waals surface area contributed by atoms with Gasteiger partial charge in [0.2, 0.25) is 11.8 Å². The molecule has 2 heterocycles. The molecule has 0 aromatic carbocycles. The highest BCUT2D eigenvalue weighted by Gasteiger charge is 2.20. The first-order valence-electron chi connectivity index (χ1n) is 8.49. The van der Waals surface area contributed by atoms with Crippen LogP contribution in [0.1, 0.15) is 34.1 Å². The molecule has 9 heteroatoms. The third-order valence-electron chi connectivity index (χ3n) is 3.63. The van der Waals surface area contributed by atoms with Crippen molar-refractivity contribution in [1.29, 1.82) is 0 Å². The molecule has 0 saturated heterocycles. The van der Waals surface area contributed by atoms with Crippen LogP contribution in [0.5, 0.6) is 0 Å². The molecular formula is C17H25N5O2S2. The lowest BCUT2D eigenvalue weighted by atomic mass is 10.1. The molecule has 0 unspecified atom stereocenters. The van der Waals surface area contributed by atoms with Crippen molar-refractivity contribution in [3.8, 4) is 10.7 Å². The van der Waals surface area contributed by atoms with Crippen molar-refractivity contribution in [2.75, 3.05) is 13.1 Å². The zero-order valence-corrected chi connectivity index (χ0v) is 17.2. The molecule has 0 bridgehead atoms. The molecule has 2 rings (SSSR count). The van der Waals surface area contributed by atoms with Crippen molar-refractivity contribution >= 4 is 35.4 Å². The molecule has 0 saturated carbocycles. The Morgan fingerprint density at radius 2 is 2.15 bits per heavy atom. The van der Waals surface area contributed by atoms with Gasteiger partial charge in [-0.25, -0.2) is 0 Å². The van der Waals surface area contributed by atoms with Crippen molar-refractivity contribution in [3.63, 3.8) is 0 Å². The minimum atomic E-state index is -0.320. The van der Waals surface area contributed by atoms with Crippen LogP contribution in [0, 0.1) is 4.77 Å². The van der Waals surface area contributed by atoms with Gasteiger partial charge in [0, 0.05) is 25.0 Å². The second kappa shape index (κ2) is 8.59. The molecule has 0 spiro atoms. The van der Waals surface area contributed by atoms with Crippen LogP contribution < -0.4 is 5.32 Å². The predicted octanol–water partition coefficient (Wildman–Crippen LogP) is 2.82. The van der Waals surface area contributed by atoms with Crippen LogP contribution in [0.3, 0.4) is 0 Å². The average molecular weight is 396 g/mol. The molecule has 0 aliphatic carbocycles. The predicted molar refractivity (Wildman–Crippen MR) is 105 cm³/mol. The quantitative estimate of drug-likeness (QED) is 0.706. The van der Waals surface area contributed by atoms with Crippen LogP contribution in [0.4, 0.5) is 0 Å². The van der Waals surface area contributed by atoms with Crippen molar-refractivity contribution in [2.45, 2.75) is 46.2 Å². The Hall–Kier alpha value is -2.00. The Morgan fingerprint density at radius 3 is 2.73 bits per heavy atom. The van der Waals surface area contributed by atoms with Crippen LogP contribution in [0.2, 0.25) is 0 Å². The summed E-state index contributed by atoms with van der Waals surface area (Å²) in [6, 6.07) is 3.91. The average Bonchev–Trinajstić information content (AvgIpc) is 3.18. The van der Waals surface area contributed by atoms with Crippen LogP contribution >= 0.6 is 23.6 Å². The lowest BCUT2D eigenvalue weighted by Crippen LogP contribution is -2.47. The molecule has 142 valence electrons. The Balaban J connectivity index is 2.00. The van der Waals surface area contributed by atoms with Gasteiger partial charge in [-0.1, -0.05) is 6.07 Å². The highest BCUT2D eigenvalue weighted by molar-refractivity contribution is 7.71. The molecule has 2 amide bonds. The van der Waals surface area contributed by atoms with Gasteiger partial charge in [0.1, 0.15) is 0 Å². The zero-order valence-electron chi connectivity index (χ0n) is 15.5. The van der Waals surface area contributed by atoms with Gasteiger partial charge < -0.3 is 10.2 Å². The molecule has 26 heavy (non-hydrogen) atoms. The summed E-state index contributed by atoms with van der Waals surface area (Å²) in [5.41, 5.74) is -0.320. The number of rotatable bonds is 7. The van der Waals surface area contributed by atoms with Gasteiger partial charge in [-0.3, -0.25) is 19.3 Å². The molecule has 0 aliphatic rings. The maximum absolute atomic E-state index is 12.6. The summed E-state index contributed by atoms with van der Waals surface area (Å²) in [6.07, 6.45) is 0.253. The molecule has 2 aromatic heterocycles. The van der Waals surface area contributed by atoms with E-state index in [0.717, 1.165) is 10.7 Å². The van der Waals surface area contributed by atoms with E-state index in [1.165, 1.54) is 0 Å². The van der Waals surface area contributed by atoms with E-state index in [1.807, 2.05) is 49.8 Å². The van der Waals surface area contributed by atoms with Crippen molar-refractivity contribution in [3.05, 3.63) is 22.3 Å². The number of nitrogens with zero attached hydrogens (tertiary/aromatic N) is 3. The van der Waals surface area contributed by atoms with Crippen molar-refractivity contribution in [1.82, 2.24) is 25.0 Å². The first kappa shape index (κ1) is 20.3. The van der Waals surface area contributed by atoms with Gasteiger partial charge in [0.15, 0.2) is 10.6 Å². The molecule has 0 fully saturated rings. The smallest absolute Gasteiger partial charge is 0.240 e. The number of aromatic amines is 1. The highest BCUT2D eigenvalue weighted by Crippen LogP contribution is 2.23. The maximum atomic E-state index is 12.6. The molecule has 0 radical (unpaired) electrons. The van der Waals surface area contributed by atoms with Crippen molar-refractivity contribution < 1.29 is 9.59 Å². The molecule has 0 aliphatic heterocycles. The van der Waals surface area contributed by atoms with Crippen LogP contribution in [-0.2, 0) is 16.1 Å². The first-order chi connectivity index (χ1) is 12.2. The summed E-state index contributed by atoms with van der Waals surface area (Å²) in [5, 5.41) is 11.9. The molecule has 0 atom stereocenters. The lowest BCUT2D eigenvalue weighted by Gasteiger charge is -2.25. The molecule has 2 aromatic rings. The zero-order chi connectivity index (χ0) is 19.3. The third-order valence-corrected chi connectivity index (χ3v) is 4.81. The van der Waals surface area contributed by atoms with Crippen LogP contribution in [0.15, 0.2) is 17.5 Å². The topological polar surface area (TPSA) is 83.0 Å². The number of thiophene rings is 1. The van der Waals surface area contributed by atoms with Gasteiger partial charge in [-0.05, 0) is 51.4 Å². The Labute approximate surface area is 162 Å². The number of aromatic nitrogens is 3. The highest BCUT2D eigenvalue weighted by atomic mass is 32.1. The van der Waals surface area contributed by atoms with Gasteiger partial charge in [-0.2, -0.15) is 5.10 Å².